The van der Waals surface area contributed by atoms with E-state index in [2.05, 4.69) is 11.8 Å². The Morgan fingerprint density at radius 1 is 1.53 bits per heavy atom. The maximum atomic E-state index is 14.0. The third-order valence-electron chi connectivity index (χ3n) is 3.56. The Kier molecular flexibility index (Phi) is 4.77. The van der Waals surface area contributed by atoms with Crippen LogP contribution in [0.4, 0.5) is 10.1 Å². The van der Waals surface area contributed by atoms with Crippen LogP contribution >= 0.6 is 0 Å². The van der Waals surface area contributed by atoms with Gasteiger partial charge in [-0.3, -0.25) is 0 Å². The van der Waals surface area contributed by atoms with E-state index < -0.39 is 0 Å². The van der Waals surface area contributed by atoms with Crippen LogP contribution in [-0.2, 0) is 11.2 Å². The van der Waals surface area contributed by atoms with Crippen LogP contribution in [0.15, 0.2) is 18.2 Å². The molecule has 2 atom stereocenters. The van der Waals surface area contributed by atoms with E-state index in [0.29, 0.717) is 13.0 Å². The molecule has 0 aliphatic carbocycles. The molecule has 3 nitrogen and oxygen atoms in total. The van der Waals surface area contributed by atoms with E-state index in [1.165, 1.54) is 6.07 Å². The zero-order valence-electron chi connectivity index (χ0n) is 11.7. The van der Waals surface area contributed by atoms with Crippen molar-refractivity contribution in [3.8, 4) is 0 Å². The highest BCUT2D eigenvalue weighted by Gasteiger charge is 2.22. The monoisotopic (exact) mass is 266 g/mol. The Hall–Kier alpha value is -1.13. The summed E-state index contributed by atoms with van der Waals surface area (Å²) in [6.07, 6.45) is 1.78. The van der Waals surface area contributed by atoms with Gasteiger partial charge in [-0.2, -0.15) is 0 Å². The van der Waals surface area contributed by atoms with Crippen molar-refractivity contribution in [2.45, 2.75) is 38.8 Å². The first kappa shape index (κ1) is 14.3. The first-order valence-corrected chi connectivity index (χ1v) is 7.01. The Balaban J connectivity index is 2.25. The smallest absolute Gasteiger partial charge is 0.128 e. The van der Waals surface area contributed by atoms with Gasteiger partial charge in [0.15, 0.2) is 0 Å². The number of hydrogen-bond donors (Lipinski definition) is 1. The van der Waals surface area contributed by atoms with Gasteiger partial charge in [-0.25, -0.2) is 4.39 Å². The normalized spacial score (nSPS) is 21.5. The van der Waals surface area contributed by atoms with Gasteiger partial charge >= 0.3 is 0 Å². The van der Waals surface area contributed by atoms with Crippen molar-refractivity contribution in [2.75, 3.05) is 24.6 Å². The van der Waals surface area contributed by atoms with Crippen molar-refractivity contribution in [3.05, 3.63) is 29.6 Å². The van der Waals surface area contributed by atoms with Crippen LogP contribution in [0, 0.1) is 5.82 Å². The van der Waals surface area contributed by atoms with Crippen molar-refractivity contribution in [3.63, 3.8) is 0 Å². The highest BCUT2D eigenvalue weighted by molar-refractivity contribution is 5.55. The predicted octanol–water partition coefficient (Wildman–Crippen LogP) is 2.33. The second-order valence-electron chi connectivity index (χ2n) is 5.27. The van der Waals surface area contributed by atoms with Gasteiger partial charge in [0.2, 0.25) is 0 Å². The van der Waals surface area contributed by atoms with Gasteiger partial charge in [0, 0.05) is 30.4 Å². The lowest BCUT2D eigenvalue weighted by atomic mass is 10.0. The fraction of sp³-hybridized carbons (Fsp3) is 0.600. The molecule has 1 heterocycles. The lowest BCUT2D eigenvalue weighted by Crippen LogP contribution is -2.42. The zero-order valence-corrected chi connectivity index (χ0v) is 11.7. The van der Waals surface area contributed by atoms with E-state index in [1.54, 1.807) is 6.07 Å². The van der Waals surface area contributed by atoms with Gasteiger partial charge in [-0.1, -0.05) is 13.0 Å². The third-order valence-corrected chi connectivity index (χ3v) is 3.56. The zero-order chi connectivity index (χ0) is 13.8. The van der Waals surface area contributed by atoms with Crippen molar-refractivity contribution in [2.24, 2.45) is 5.73 Å². The molecular weight excluding hydrogens is 243 g/mol. The minimum absolute atomic E-state index is 0.0429. The topological polar surface area (TPSA) is 38.5 Å². The summed E-state index contributed by atoms with van der Waals surface area (Å²) in [5, 5.41) is 0. The van der Waals surface area contributed by atoms with Crippen molar-refractivity contribution in [1.82, 2.24) is 0 Å². The molecular formula is C15H23FN2O. The van der Waals surface area contributed by atoms with Crippen molar-refractivity contribution in [1.29, 1.82) is 0 Å². The number of nitrogens with two attached hydrogens (primary N) is 1. The number of benzene rings is 1. The molecule has 1 saturated heterocycles. The van der Waals surface area contributed by atoms with Crippen LogP contribution in [-0.4, -0.2) is 31.8 Å². The summed E-state index contributed by atoms with van der Waals surface area (Å²) >= 11 is 0. The molecule has 1 aromatic rings. The van der Waals surface area contributed by atoms with Crippen LogP contribution in [0.3, 0.4) is 0 Å². The minimum Gasteiger partial charge on any atom is -0.375 e. The molecule has 1 aromatic carbocycles. The Morgan fingerprint density at radius 2 is 2.32 bits per heavy atom. The van der Waals surface area contributed by atoms with Gasteiger partial charge in [-0.15, -0.1) is 0 Å². The molecule has 0 bridgehead atoms. The largest absolute Gasteiger partial charge is 0.375 e. The number of hydrogen-bond acceptors (Lipinski definition) is 3. The molecule has 106 valence electrons. The molecule has 19 heavy (non-hydrogen) atoms. The molecule has 0 saturated carbocycles. The summed E-state index contributed by atoms with van der Waals surface area (Å²) in [6.45, 7) is 6.36. The number of nitrogens with zero attached hydrogens (tertiary/aromatic N) is 1. The predicted molar refractivity (Wildman–Crippen MR) is 76.0 cm³/mol. The number of halogens is 1. The van der Waals surface area contributed by atoms with Crippen molar-refractivity contribution < 1.29 is 9.13 Å². The lowest BCUT2D eigenvalue weighted by molar-refractivity contribution is 0.0383. The molecule has 1 aliphatic rings. The Morgan fingerprint density at radius 3 is 3.00 bits per heavy atom. The second-order valence-corrected chi connectivity index (χ2v) is 5.27. The SMILES string of the molecule is CCC1CN(c2cccc(F)c2CC(C)N)CCO1. The fourth-order valence-electron chi connectivity index (χ4n) is 2.55. The van der Waals surface area contributed by atoms with Crippen LogP contribution < -0.4 is 10.6 Å². The first-order chi connectivity index (χ1) is 9.11. The van der Waals surface area contributed by atoms with Crippen LogP contribution in [0.25, 0.3) is 0 Å². The number of morpholine rings is 1. The van der Waals surface area contributed by atoms with E-state index >= 15 is 0 Å². The summed E-state index contributed by atoms with van der Waals surface area (Å²) in [7, 11) is 0. The summed E-state index contributed by atoms with van der Waals surface area (Å²) in [5.41, 5.74) is 7.54. The second kappa shape index (κ2) is 6.35. The fourth-order valence-corrected chi connectivity index (χ4v) is 2.55. The van der Waals surface area contributed by atoms with E-state index in [1.807, 2.05) is 13.0 Å². The average Bonchev–Trinajstić information content (AvgIpc) is 2.40. The molecule has 1 fully saturated rings. The van der Waals surface area contributed by atoms with Gasteiger partial charge in [0.05, 0.1) is 12.7 Å². The van der Waals surface area contributed by atoms with Gasteiger partial charge < -0.3 is 15.4 Å². The summed E-state index contributed by atoms with van der Waals surface area (Å²) in [4.78, 5) is 2.22. The maximum Gasteiger partial charge on any atom is 0.128 e. The lowest BCUT2D eigenvalue weighted by Gasteiger charge is -2.35. The molecule has 2 N–H and O–H groups in total. The number of anilines is 1. The molecule has 4 heteroatoms. The maximum absolute atomic E-state index is 14.0. The van der Waals surface area contributed by atoms with E-state index in [9.17, 15) is 4.39 Å². The molecule has 0 amide bonds. The van der Waals surface area contributed by atoms with Gasteiger partial charge in [0.25, 0.3) is 0 Å². The van der Waals surface area contributed by atoms with E-state index in [-0.39, 0.29) is 18.0 Å². The average molecular weight is 266 g/mol. The van der Waals surface area contributed by atoms with Crippen LogP contribution in [0.1, 0.15) is 25.8 Å². The minimum atomic E-state index is -0.158. The summed E-state index contributed by atoms with van der Waals surface area (Å²) < 4.78 is 19.7. The molecule has 1 aliphatic heterocycles. The summed E-state index contributed by atoms with van der Waals surface area (Å²) in [5.74, 6) is -0.158. The van der Waals surface area contributed by atoms with Crippen LogP contribution in [0.2, 0.25) is 0 Å². The van der Waals surface area contributed by atoms with Gasteiger partial charge in [0.1, 0.15) is 5.82 Å². The molecule has 2 unspecified atom stereocenters. The highest BCUT2D eigenvalue weighted by Crippen LogP contribution is 2.26. The van der Waals surface area contributed by atoms with E-state index in [4.69, 9.17) is 10.5 Å². The first-order valence-electron chi connectivity index (χ1n) is 7.01. The molecule has 2 rings (SSSR count). The third kappa shape index (κ3) is 3.45. The standard InChI is InChI=1S/C15H23FN2O/c1-3-12-10-18(7-8-19-12)15-6-4-5-14(16)13(15)9-11(2)17/h4-6,11-12H,3,7-10,17H2,1-2H3. The summed E-state index contributed by atoms with van der Waals surface area (Å²) in [6, 6.07) is 5.22. The van der Waals surface area contributed by atoms with Gasteiger partial charge in [-0.05, 0) is 31.9 Å². The molecule has 0 spiro atoms. The van der Waals surface area contributed by atoms with E-state index in [0.717, 1.165) is 30.8 Å². The van der Waals surface area contributed by atoms with Crippen molar-refractivity contribution >= 4 is 5.69 Å². The van der Waals surface area contributed by atoms with Crippen LogP contribution in [0.5, 0.6) is 0 Å². The Bertz CT molecular complexity index is 423. The quantitative estimate of drug-likeness (QED) is 0.909. The number of rotatable bonds is 4. The molecule has 0 radical (unpaired) electrons. The highest BCUT2D eigenvalue weighted by atomic mass is 19.1. The number of ether oxygens (including phenoxy) is 1. The Labute approximate surface area is 114 Å². The molecule has 0 aromatic heterocycles.